The molecule has 0 aliphatic heterocycles. The van der Waals surface area contributed by atoms with E-state index in [-0.39, 0.29) is 0 Å². The Balaban J connectivity index is 2.17. The van der Waals surface area contributed by atoms with Crippen LogP contribution in [0.5, 0.6) is 0 Å². The van der Waals surface area contributed by atoms with Crippen molar-refractivity contribution >= 4 is 0 Å². The standard InChI is InChI=1S/C11H20O2/c1-12-9-10-13-11-7-5-3-2-4-6-8-11/h5,7,11H,2-4,6,8-10H2,1H3/b7-5-. The van der Waals surface area contributed by atoms with Gasteiger partial charge in [-0.15, -0.1) is 0 Å². The van der Waals surface area contributed by atoms with E-state index < -0.39 is 0 Å². The average Bonchev–Trinajstić information content (AvgIpc) is 2.08. The fraction of sp³-hybridized carbons (Fsp3) is 0.818. The maximum absolute atomic E-state index is 5.65. The molecule has 1 aliphatic carbocycles. The van der Waals surface area contributed by atoms with E-state index in [1.54, 1.807) is 7.11 Å². The number of allylic oxidation sites excluding steroid dienone is 1. The minimum Gasteiger partial charge on any atom is -0.382 e. The van der Waals surface area contributed by atoms with Crippen LogP contribution in [0, 0.1) is 0 Å². The Kier molecular flexibility index (Phi) is 5.87. The molecule has 0 bridgehead atoms. The Labute approximate surface area is 80.9 Å². The minimum absolute atomic E-state index is 0.329. The zero-order valence-corrected chi connectivity index (χ0v) is 8.50. The maximum atomic E-state index is 5.65. The number of ether oxygens (including phenoxy) is 2. The summed E-state index contributed by atoms with van der Waals surface area (Å²) >= 11 is 0. The summed E-state index contributed by atoms with van der Waals surface area (Å²) in [6.45, 7) is 1.41. The van der Waals surface area contributed by atoms with Crippen LogP contribution in [0.3, 0.4) is 0 Å². The van der Waals surface area contributed by atoms with E-state index in [0.29, 0.717) is 19.3 Å². The molecule has 13 heavy (non-hydrogen) atoms. The zero-order valence-electron chi connectivity index (χ0n) is 8.50. The smallest absolute Gasteiger partial charge is 0.0757 e. The molecule has 76 valence electrons. The van der Waals surface area contributed by atoms with Gasteiger partial charge >= 0.3 is 0 Å². The Hall–Kier alpha value is -0.340. The molecule has 0 fully saturated rings. The number of rotatable bonds is 4. The van der Waals surface area contributed by atoms with Gasteiger partial charge in [-0.25, -0.2) is 0 Å². The highest BCUT2D eigenvalue weighted by Gasteiger charge is 2.06. The summed E-state index contributed by atoms with van der Waals surface area (Å²) in [4.78, 5) is 0. The summed E-state index contributed by atoms with van der Waals surface area (Å²) < 4.78 is 10.6. The van der Waals surface area contributed by atoms with E-state index in [4.69, 9.17) is 9.47 Å². The molecule has 1 aliphatic rings. The molecule has 0 amide bonds. The predicted octanol–water partition coefficient (Wildman–Crippen LogP) is 2.54. The van der Waals surface area contributed by atoms with Crippen molar-refractivity contribution in [1.29, 1.82) is 0 Å². The first-order valence-electron chi connectivity index (χ1n) is 5.20. The van der Waals surface area contributed by atoms with E-state index in [9.17, 15) is 0 Å². The van der Waals surface area contributed by atoms with Crippen LogP contribution in [0.4, 0.5) is 0 Å². The van der Waals surface area contributed by atoms with Gasteiger partial charge in [0, 0.05) is 7.11 Å². The first-order valence-corrected chi connectivity index (χ1v) is 5.20. The molecule has 0 heterocycles. The van der Waals surface area contributed by atoms with Crippen LogP contribution >= 0.6 is 0 Å². The zero-order chi connectivity index (χ0) is 9.36. The topological polar surface area (TPSA) is 18.5 Å². The molecular weight excluding hydrogens is 164 g/mol. The van der Waals surface area contributed by atoms with Crippen LogP contribution in [0.2, 0.25) is 0 Å². The highest BCUT2D eigenvalue weighted by atomic mass is 16.5. The maximum Gasteiger partial charge on any atom is 0.0757 e. The van der Waals surface area contributed by atoms with E-state index in [1.807, 2.05) is 0 Å². The summed E-state index contributed by atoms with van der Waals surface area (Å²) in [7, 11) is 1.71. The van der Waals surface area contributed by atoms with Crippen molar-refractivity contribution in [3.05, 3.63) is 12.2 Å². The van der Waals surface area contributed by atoms with Gasteiger partial charge in [-0.1, -0.05) is 25.0 Å². The summed E-state index contributed by atoms with van der Waals surface area (Å²) in [6.07, 6.45) is 11.1. The van der Waals surface area contributed by atoms with Crippen molar-refractivity contribution in [2.75, 3.05) is 20.3 Å². The Morgan fingerprint density at radius 1 is 1.23 bits per heavy atom. The van der Waals surface area contributed by atoms with Gasteiger partial charge in [-0.05, 0) is 19.3 Å². The molecule has 0 aromatic heterocycles. The number of methoxy groups -OCH3 is 1. The molecule has 0 radical (unpaired) electrons. The molecule has 1 unspecified atom stereocenters. The van der Waals surface area contributed by atoms with Crippen LogP contribution in [0.25, 0.3) is 0 Å². The first-order chi connectivity index (χ1) is 6.43. The fourth-order valence-corrected chi connectivity index (χ4v) is 1.55. The Morgan fingerprint density at radius 3 is 3.00 bits per heavy atom. The molecule has 0 saturated carbocycles. The monoisotopic (exact) mass is 184 g/mol. The van der Waals surface area contributed by atoms with Crippen molar-refractivity contribution in [1.82, 2.24) is 0 Å². The Bertz CT molecular complexity index is 143. The molecule has 0 spiro atoms. The van der Waals surface area contributed by atoms with Crippen molar-refractivity contribution in [3.63, 3.8) is 0 Å². The van der Waals surface area contributed by atoms with Crippen LogP contribution in [-0.2, 0) is 9.47 Å². The molecule has 0 aromatic carbocycles. The molecular formula is C11H20O2. The first kappa shape index (κ1) is 10.7. The van der Waals surface area contributed by atoms with Gasteiger partial charge in [-0.2, -0.15) is 0 Å². The van der Waals surface area contributed by atoms with E-state index >= 15 is 0 Å². The number of hydrogen-bond acceptors (Lipinski definition) is 2. The van der Waals surface area contributed by atoms with E-state index in [2.05, 4.69) is 12.2 Å². The molecule has 2 heteroatoms. The average molecular weight is 184 g/mol. The normalized spacial score (nSPS) is 26.4. The van der Waals surface area contributed by atoms with Gasteiger partial charge in [-0.3, -0.25) is 0 Å². The van der Waals surface area contributed by atoms with Gasteiger partial charge in [0.2, 0.25) is 0 Å². The highest BCUT2D eigenvalue weighted by molar-refractivity contribution is 4.91. The van der Waals surface area contributed by atoms with Gasteiger partial charge in [0.1, 0.15) is 0 Å². The van der Waals surface area contributed by atoms with Crippen molar-refractivity contribution in [3.8, 4) is 0 Å². The summed E-state index contributed by atoms with van der Waals surface area (Å²) in [6, 6.07) is 0. The highest BCUT2D eigenvalue weighted by Crippen LogP contribution is 2.13. The van der Waals surface area contributed by atoms with Crippen LogP contribution < -0.4 is 0 Å². The largest absolute Gasteiger partial charge is 0.382 e. The molecule has 0 aromatic rings. The molecule has 2 nitrogen and oxygen atoms in total. The predicted molar refractivity (Wildman–Crippen MR) is 53.8 cm³/mol. The lowest BCUT2D eigenvalue weighted by Crippen LogP contribution is -2.14. The van der Waals surface area contributed by atoms with Crippen LogP contribution in [0.15, 0.2) is 12.2 Å². The van der Waals surface area contributed by atoms with Gasteiger partial charge in [0.05, 0.1) is 19.3 Å². The molecule has 0 N–H and O–H groups in total. The van der Waals surface area contributed by atoms with E-state index in [1.165, 1.54) is 32.1 Å². The summed E-state index contributed by atoms with van der Waals surface area (Å²) in [5.41, 5.74) is 0. The van der Waals surface area contributed by atoms with Gasteiger partial charge < -0.3 is 9.47 Å². The lowest BCUT2D eigenvalue weighted by atomic mass is 10.0. The second-order valence-electron chi connectivity index (χ2n) is 3.47. The van der Waals surface area contributed by atoms with Crippen molar-refractivity contribution in [2.45, 2.75) is 38.2 Å². The lowest BCUT2D eigenvalue weighted by molar-refractivity contribution is 0.0344. The van der Waals surface area contributed by atoms with Crippen molar-refractivity contribution < 1.29 is 9.47 Å². The second kappa shape index (κ2) is 7.10. The molecule has 0 saturated heterocycles. The molecule has 1 atom stereocenters. The SMILES string of the molecule is COCCOC1/C=C\CCCCC1. The molecule has 1 rings (SSSR count). The second-order valence-corrected chi connectivity index (χ2v) is 3.47. The van der Waals surface area contributed by atoms with Crippen LogP contribution in [0.1, 0.15) is 32.1 Å². The van der Waals surface area contributed by atoms with Gasteiger partial charge in [0.25, 0.3) is 0 Å². The summed E-state index contributed by atoms with van der Waals surface area (Å²) in [5, 5.41) is 0. The number of hydrogen-bond donors (Lipinski definition) is 0. The third kappa shape index (κ3) is 5.06. The fourth-order valence-electron chi connectivity index (χ4n) is 1.55. The van der Waals surface area contributed by atoms with Crippen LogP contribution in [-0.4, -0.2) is 26.4 Å². The summed E-state index contributed by atoms with van der Waals surface area (Å²) in [5.74, 6) is 0. The third-order valence-corrected chi connectivity index (χ3v) is 2.33. The minimum atomic E-state index is 0.329. The van der Waals surface area contributed by atoms with Gasteiger partial charge in [0.15, 0.2) is 0 Å². The van der Waals surface area contributed by atoms with Crippen molar-refractivity contribution in [2.24, 2.45) is 0 Å². The van der Waals surface area contributed by atoms with E-state index in [0.717, 1.165) is 0 Å². The Morgan fingerprint density at radius 2 is 2.15 bits per heavy atom. The third-order valence-electron chi connectivity index (χ3n) is 2.33. The lowest BCUT2D eigenvalue weighted by Gasteiger charge is -2.15. The quantitative estimate of drug-likeness (QED) is 0.494.